The Hall–Kier alpha value is -1.66. The Labute approximate surface area is 139 Å². The predicted molar refractivity (Wildman–Crippen MR) is 90.3 cm³/mol. The third-order valence-electron chi connectivity index (χ3n) is 3.66. The highest BCUT2D eigenvalue weighted by Gasteiger charge is 2.15. The van der Waals surface area contributed by atoms with Crippen molar-refractivity contribution in [2.45, 2.75) is 27.7 Å². The van der Waals surface area contributed by atoms with Crippen molar-refractivity contribution in [3.8, 4) is 0 Å². The lowest BCUT2D eigenvalue weighted by Gasteiger charge is -2.01. The SMILES string of the molecule is C/C(=N\N=C(/C)c1c(Cl)nn(C)c1C)c1c(Cl)nn(C)c1C. The molecule has 0 aromatic carbocycles. The van der Waals surface area contributed by atoms with E-state index in [2.05, 4.69) is 20.4 Å². The molecule has 118 valence electrons. The number of rotatable bonds is 3. The van der Waals surface area contributed by atoms with Crippen LogP contribution in [0.15, 0.2) is 10.2 Å². The standard InChI is InChI=1S/C14H18Cl2N6/c1-7(11-9(3)21(5)19-13(11)15)17-18-8(2)12-10(4)22(6)20-14(12)16/h1-6H3/b17-7+,18-8+. The van der Waals surface area contributed by atoms with Gasteiger partial charge < -0.3 is 0 Å². The number of halogens is 2. The van der Waals surface area contributed by atoms with Gasteiger partial charge in [-0.3, -0.25) is 9.36 Å². The molecule has 2 aromatic rings. The zero-order valence-corrected chi connectivity index (χ0v) is 15.0. The maximum absolute atomic E-state index is 6.14. The third kappa shape index (κ3) is 2.94. The van der Waals surface area contributed by atoms with E-state index in [-0.39, 0.29) is 0 Å². The van der Waals surface area contributed by atoms with Gasteiger partial charge in [0.2, 0.25) is 0 Å². The molecule has 2 heterocycles. The van der Waals surface area contributed by atoms with Gasteiger partial charge in [-0.1, -0.05) is 23.2 Å². The van der Waals surface area contributed by atoms with Gasteiger partial charge in [-0.25, -0.2) is 0 Å². The van der Waals surface area contributed by atoms with Gasteiger partial charge in [-0.05, 0) is 27.7 Å². The highest BCUT2D eigenvalue weighted by molar-refractivity contribution is 6.33. The van der Waals surface area contributed by atoms with E-state index in [0.29, 0.717) is 21.7 Å². The Morgan fingerprint density at radius 3 is 1.36 bits per heavy atom. The summed E-state index contributed by atoms with van der Waals surface area (Å²) in [6.07, 6.45) is 0. The fourth-order valence-corrected chi connectivity index (χ4v) is 2.98. The maximum Gasteiger partial charge on any atom is 0.160 e. The number of hydrogen-bond donors (Lipinski definition) is 0. The minimum absolute atomic E-state index is 0.421. The molecule has 0 fully saturated rings. The summed E-state index contributed by atoms with van der Waals surface area (Å²) in [4.78, 5) is 0. The first-order chi connectivity index (χ1) is 10.2. The molecule has 0 bridgehead atoms. The van der Waals surface area contributed by atoms with Crippen molar-refractivity contribution in [2.75, 3.05) is 0 Å². The van der Waals surface area contributed by atoms with Crippen LogP contribution >= 0.6 is 23.2 Å². The Morgan fingerprint density at radius 2 is 1.14 bits per heavy atom. The molecule has 22 heavy (non-hydrogen) atoms. The smallest absolute Gasteiger partial charge is 0.160 e. The van der Waals surface area contributed by atoms with Gasteiger partial charge in [-0.2, -0.15) is 20.4 Å². The number of aryl methyl sites for hydroxylation is 2. The van der Waals surface area contributed by atoms with Crippen LogP contribution in [0, 0.1) is 13.8 Å². The van der Waals surface area contributed by atoms with E-state index >= 15 is 0 Å². The fourth-order valence-electron chi connectivity index (χ4n) is 2.21. The van der Waals surface area contributed by atoms with E-state index in [1.807, 2.05) is 41.8 Å². The van der Waals surface area contributed by atoms with Crippen LogP contribution in [-0.2, 0) is 14.1 Å². The second-order valence-corrected chi connectivity index (χ2v) is 5.84. The summed E-state index contributed by atoms with van der Waals surface area (Å²) in [7, 11) is 3.68. The van der Waals surface area contributed by atoms with Crippen LogP contribution in [0.5, 0.6) is 0 Å². The first-order valence-corrected chi connectivity index (χ1v) is 7.47. The van der Waals surface area contributed by atoms with Crippen molar-refractivity contribution in [1.29, 1.82) is 0 Å². The molecular weight excluding hydrogens is 323 g/mol. The van der Waals surface area contributed by atoms with Crippen LogP contribution in [0.4, 0.5) is 0 Å². The molecule has 0 amide bonds. The number of aromatic nitrogens is 4. The normalized spacial score (nSPS) is 13.1. The van der Waals surface area contributed by atoms with Crippen LogP contribution in [0.2, 0.25) is 10.3 Å². The van der Waals surface area contributed by atoms with Crippen molar-refractivity contribution in [2.24, 2.45) is 24.3 Å². The zero-order valence-electron chi connectivity index (χ0n) is 13.4. The fraction of sp³-hybridized carbons (Fsp3) is 0.429. The third-order valence-corrected chi connectivity index (χ3v) is 4.19. The molecule has 2 aromatic heterocycles. The lowest BCUT2D eigenvalue weighted by atomic mass is 10.2. The van der Waals surface area contributed by atoms with E-state index in [1.54, 1.807) is 9.36 Å². The van der Waals surface area contributed by atoms with Crippen molar-refractivity contribution in [1.82, 2.24) is 19.6 Å². The van der Waals surface area contributed by atoms with Crippen LogP contribution in [0.25, 0.3) is 0 Å². The predicted octanol–water partition coefficient (Wildman–Crippen LogP) is 3.31. The van der Waals surface area contributed by atoms with Crippen molar-refractivity contribution < 1.29 is 0 Å². The van der Waals surface area contributed by atoms with Gasteiger partial charge in [-0.15, -0.1) is 0 Å². The second-order valence-electron chi connectivity index (χ2n) is 5.12. The maximum atomic E-state index is 6.14. The lowest BCUT2D eigenvalue weighted by molar-refractivity contribution is 0.740. The van der Waals surface area contributed by atoms with E-state index in [4.69, 9.17) is 23.2 Å². The summed E-state index contributed by atoms with van der Waals surface area (Å²) in [5, 5.41) is 17.7. The highest BCUT2D eigenvalue weighted by atomic mass is 35.5. The molecule has 0 aliphatic heterocycles. The molecule has 0 unspecified atom stereocenters. The average molecular weight is 341 g/mol. The van der Waals surface area contributed by atoms with Gasteiger partial charge in [0.1, 0.15) is 0 Å². The van der Waals surface area contributed by atoms with Gasteiger partial charge in [0, 0.05) is 25.5 Å². The summed E-state index contributed by atoms with van der Waals surface area (Å²) in [5.74, 6) is 0. The highest BCUT2D eigenvalue weighted by Crippen LogP contribution is 2.21. The summed E-state index contributed by atoms with van der Waals surface area (Å²) in [5.41, 5.74) is 4.88. The molecule has 0 N–H and O–H groups in total. The molecule has 0 aliphatic carbocycles. The summed E-state index contributed by atoms with van der Waals surface area (Å²) < 4.78 is 3.44. The lowest BCUT2D eigenvalue weighted by Crippen LogP contribution is -2.01. The van der Waals surface area contributed by atoms with Crippen LogP contribution in [-0.4, -0.2) is 31.0 Å². The van der Waals surface area contributed by atoms with Crippen molar-refractivity contribution in [3.63, 3.8) is 0 Å². The van der Waals surface area contributed by atoms with Gasteiger partial charge in [0.05, 0.1) is 22.6 Å². The summed E-state index contributed by atoms with van der Waals surface area (Å²) in [6.45, 7) is 7.58. The molecule has 0 radical (unpaired) electrons. The van der Waals surface area contributed by atoms with Gasteiger partial charge >= 0.3 is 0 Å². The first-order valence-electron chi connectivity index (χ1n) is 6.71. The van der Waals surface area contributed by atoms with Crippen LogP contribution in [0.3, 0.4) is 0 Å². The zero-order chi connectivity index (χ0) is 16.6. The molecule has 0 atom stereocenters. The Balaban J connectivity index is 2.41. The minimum Gasteiger partial charge on any atom is -0.271 e. The second kappa shape index (κ2) is 6.22. The molecule has 6 nitrogen and oxygen atoms in total. The van der Waals surface area contributed by atoms with Gasteiger partial charge in [0.25, 0.3) is 0 Å². The monoisotopic (exact) mass is 340 g/mol. The minimum atomic E-state index is 0.421. The molecular formula is C14H18Cl2N6. The topological polar surface area (TPSA) is 60.4 Å². The molecule has 0 saturated heterocycles. The van der Waals surface area contributed by atoms with E-state index in [9.17, 15) is 0 Å². The molecule has 0 saturated carbocycles. The van der Waals surface area contributed by atoms with Crippen molar-refractivity contribution in [3.05, 3.63) is 32.8 Å². The van der Waals surface area contributed by atoms with Crippen molar-refractivity contribution >= 4 is 34.6 Å². The average Bonchev–Trinajstić information content (AvgIpc) is 2.83. The molecule has 0 aliphatic rings. The number of nitrogens with zero attached hydrogens (tertiary/aromatic N) is 6. The van der Waals surface area contributed by atoms with Crippen LogP contribution in [0.1, 0.15) is 36.4 Å². The largest absolute Gasteiger partial charge is 0.271 e. The Morgan fingerprint density at radius 1 is 0.818 bits per heavy atom. The van der Waals surface area contributed by atoms with E-state index < -0.39 is 0 Å². The van der Waals surface area contributed by atoms with Gasteiger partial charge in [0.15, 0.2) is 10.3 Å². The van der Waals surface area contributed by atoms with E-state index in [1.165, 1.54) is 0 Å². The molecule has 2 rings (SSSR count). The summed E-state index contributed by atoms with van der Waals surface area (Å²) in [6, 6.07) is 0. The first kappa shape index (κ1) is 16.7. The van der Waals surface area contributed by atoms with E-state index in [0.717, 1.165) is 22.5 Å². The molecule has 8 heteroatoms. The Bertz CT molecular complexity index is 716. The molecule has 0 spiro atoms. The summed E-state index contributed by atoms with van der Waals surface area (Å²) >= 11 is 12.3. The Kier molecular flexibility index (Phi) is 4.72. The number of hydrogen-bond acceptors (Lipinski definition) is 4. The quantitative estimate of drug-likeness (QED) is 0.635. The van der Waals surface area contributed by atoms with Crippen LogP contribution < -0.4 is 0 Å².